The number of fused-ring (bicyclic) bond motifs is 2. The van der Waals surface area contributed by atoms with Gasteiger partial charge in [-0.15, -0.1) is 0 Å². The molecule has 2 unspecified atom stereocenters. The lowest BCUT2D eigenvalue weighted by atomic mass is 9.82. The normalized spacial score (nSPS) is 26.1. The van der Waals surface area contributed by atoms with E-state index < -0.39 is 0 Å². The number of likely N-dealkylation sites (tertiary alicyclic amines) is 1. The molecule has 0 aromatic heterocycles. The van der Waals surface area contributed by atoms with Crippen molar-refractivity contribution in [3.63, 3.8) is 0 Å². The Kier molecular flexibility index (Phi) is 4.99. The maximum atomic E-state index is 5.79. The molecule has 1 aromatic rings. The average molecular weight is 343 g/mol. The summed E-state index contributed by atoms with van der Waals surface area (Å²) in [4.78, 5) is 6.97. The molecule has 1 saturated heterocycles. The molecule has 0 radical (unpaired) electrons. The Balaban J connectivity index is 1.37. The fourth-order valence-electron chi connectivity index (χ4n) is 4.41. The largest absolute Gasteiger partial charge is 0.490 e. The van der Waals surface area contributed by atoms with Gasteiger partial charge in [0.05, 0.1) is 13.2 Å². The Hall–Kier alpha value is -1.91. The van der Waals surface area contributed by atoms with Crippen molar-refractivity contribution in [2.45, 2.75) is 38.6 Å². The molecule has 25 heavy (non-hydrogen) atoms. The Labute approximate surface area is 150 Å². The highest BCUT2D eigenvalue weighted by molar-refractivity contribution is 5.80. The molecule has 0 bridgehead atoms. The van der Waals surface area contributed by atoms with E-state index in [0.29, 0.717) is 0 Å². The lowest BCUT2D eigenvalue weighted by molar-refractivity contribution is 0.297. The predicted octanol–water partition coefficient (Wildman–Crippen LogP) is 3.05. The Morgan fingerprint density at radius 1 is 1.08 bits per heavy atom. The molecule has 1 N–H and O–H groups in total. The van der Waals surface area contributed by atoms with Gasteiger partial charge in [0, 0.05) is 33.1 Å². The lowest BCUT2D eigenvalue weighted by Gasteiger charge is -2.22. The van der Waals surface area contributed by atoms with Crippen LogP contribution in [0, 0.1) is 11.8 Å². The van der Waals surface area contributed by atoms with E-state index in [0.717, 1.165) is 68.6 Å². The second-order valence-corrected chi connectivity index (χ2v) is 7.44. The second kappa shape index (κ2) is 7.54. The van der Waals surface area contributed by atoms with Gasteiger partial charge in [-0.05, 0) is 42.4 Å². The summed E-state index contributed by atoms with van der Waals surface area (Å²) in [6, 6.07) is 6.22. The van der Waals surface area contributed by atoms with E-state index in [1.165, 1.54) is 31.2 Å². The molecule has 2 aliphatic heterocycles. The van der Waals surface area contributed by atoms with Gasteiger partial charge in [-0.2, -0.15) is 0 Å². The summed E-state index contributed by atoms with van der Waals surface area (Å²) in [5.41, 5.74) is 1.20. The van der Waals surface area contributed by atoms with Crippen molar-refractivity contribution >= 4 is 5.96 Å². The number of nitrogens with zero attached hydrogens (tertiary/aromatic N) is 2. The maximum Gasteiger partial charge on any atom is 0.193 e. The summed E-state index contributed by atoms with van der Waals surface area (Å²) < 4.78 is 11.5. The minimum absolute atomic E-state index is 0.724. The number of ether oxygens (including phenoxy) is 2. The number of rotatable bonds is 2. The van der Waals surface area contributed by atoms with Crippen LogP contribution in [0.5, 0.6) is 11.5 Å². The van der Waals surface area contributed by atoms with E-state index in [-0.39, 0.29) is 0 Å². The van der Waals surface area contributed by atoms with E-state index in [1.807, 2.05) is 13.1 Å². The Morgan fingerprint density at radius 2 is 1.80 bits per heavy atom. The fraction of sp³-hybridized carbons (Fsp3) is 0.650. The summed E-state index contributed by atoms with van der Waals surface area (Å²) in [5.74, 6) is 4.48. The van der Waals surface area contributed by atoms with Gasteiger partial charge in [0.15, 0.2) is 17.5 Å². The first kappa shape index (κ1) is 16.6. The molecular weight excluding hydrogens is 314 g/mol. The van der Waals surface area contributed by atoms with Crippen molar-refractivity contribution in [2.24, 2.45) is 16.8 Å². The molecule has 5 nitrogen and oxygen atoms in total. The van der Waals surface area contributed by atoms with E-state index in [2.05, 4.69) is 27.3 Å². The van der Waals surface area contributed by atoms with Crippen LogP contribution in [0.2, 0.25) is 0 Å². The second-order valence-electron chi connectivity index (χ2n) is 7.44. The third-order valence-electron chi connectivity index (χ3n) is 5.75. The Morgan fingerprint density at radius 3 is 2.52 bits per heavy atom. The van der Waals surface area contributed by atoms with Gasteiger partial charge in [0.25, 0.3) is 0 Å². The van der Waals surface area contributed by atoms with Crippen LogP contribution in [-0.4, -0.2) is 44.2 Å². The first-order chi connectivity index (χ1) is 12.3. The zero-order valence-corrected chi connectivity index (χ0v) is 15.2. The molecule has 136 valence electrons. The van der Waals surface area contributed by atoms with E-state index in [1.54, 1.807) is 0 Å². The van der Waals surface area contributed by atoms with Gasteiger partial charge in [0.2, 0.25) is 0 Å². The molecule has 1 aliphatic carbocycles. The number of nitrogens with one attached hydrogen (secondary N) is 1. The minimum atomic E-state index is 0.724. The quantitative estimate of drug-likeness (QED) is 0.662. The average Bonchev–Trinajstić information content (AvgIpc) is 2.93. The van der Waals surface area contributed by atoms with Gasteiger partial charge in [-0.25, -0.2) is 0 Å². The smallest absolute Gasteiger partial charge is 0.193 e. The van der Waals surface area contributed by atoms with Crippen molar-refractivity contribution in [1.82, 2.24) is 10.2 Å². The summed E-state index contributed by atoms with van der Waals surface area (Å²) in [5, 5.41) is 3.54. The molecular formula is C20H29N3O2. The molecule has 3 aliphatic rings. The van der Waals surface area contributed by atoms with Crippen molar-refractivity contribution in [2.75, 3.05) is 33.4 Å². The number of aliphatic imine (C=N–C) groups is 1. The molecule has 2 fully saturated rings. The zero-order valence-electron chi connectivity index (χ0n) is 15.2. The van der Waals surface area contributed by atoms with Crippen LogP contribution in [0.4, 0.5) is 0 Å². The van der Waals surface area contributed by atoms with Crippen LogP contribution >= 0.6 is 0 Å². The van der Waals surface area contributed by atoms with Gasteiger partial charge in [0.1, 0.15) is 0 Å². The molecule has 0 spiro atoms. The van der Waals surface area contributed by atoms with E-state index in [4.69, 9.17) is 9.47 Å². The summed E-state index contributed by atoms with van der Waals surface area (Å²) in [7, 11) is 1.89. The standard InChI is InChI=1S/C20H29N3O2/c1-21-20(23-13-16-5-2-3-6-17(16)14-23)22-12-15-7-8-18-19(11-15)25-10-4-9-24-18/h7-8,11,16-17H,2-6,9-10,12-14H2,1H3,(H,21,22). The molecule has 2 heterocycles. The predicted molar refractivity (Wildman–Crippen MR) is 99.3 cm³/mol. The van der Waals surface area contributed by atoms with Crippen molar-refractivity contribution in [3.05, 3.63) is 23.8 Å². The minimum Gasteiger partial charge on any atom is -0.490 e. The highest BCUT2D eigenvalue weighted by Crippen LogP contribution is 2.36. The lowest BCUT2D eigenvalue weighted by Crippen LogP contribution is -2.39. The van der Waals surface area contributed by atoms with Gasteiger partial charge in [-0.3, -0.25) is 4.99 Å². The van der Waals surface area contributed by atoms with Crippen LogP contribution < -0.4 is 14.8 Å². The highest BCUT2D eigenvalue weighted by Gasteiger charge is 2.35. The first-order valence-electron chi connectivity index (χ1n) is 9.67. The third kappa shape index (κ3) is 3.70. The first-order valence-corrected chi connectivity index (χ1v) is 9.67. The SMILES string of the molecule is CN=C(NCc1ccc2c(c1)OCCCO2)N1CC2CCCCC2C1. The number of guanidine groups is 1. The van der Waals surface area contributed by atoms with Crippen LogP contribution in [0.15, 0.2) is 23.2 Å². The molecule has 1 aromatic carbocycles. The van der Waals surface area contributed by atoms with Crippen LogP contribution in [0.3, 0.4) is 0 Å². The molecule has 1 saturated carbocycles. The van der Waals surface area contributed by atoms with E-state index in [9.17, 15) is 0 Å². The molecule has 0 amide bonds. The number of benzene rings is 1. The van der Waals surface area contributed by atoms with Crippen LogP contribution in [0.25, 0.3) is 0 Å². The third-order valence-corrected chi connectivity index (χ3v) is 5.75. The topological polar surface area (TPSA) is 46.1 Å². The highest BCUT2D eigenvalue weighted by atomic mass is 16.5. The van der Waals surface area contributed by atoms with E-state index >= 15 is 0 Å². The van der Waals surface area contributed by atoms with Crippen molar-refractivity contribution in [3.8, 4) is 11.5 Å². The Bertz CT molecular complexity index is 617. The number of hydrogen-bond donors (Lipinski definition) is 1. The zero-order chi connectivity index (χ0) is 17.1. The van der Waals surface area contributed by atoms with Crippen LogP contribution in [0.1, 0.15) is 37.7 Å². The van der Waals surface area contributed by atoms with Gasteiger partial charge < -0.3 is 19.7 Å². The fourth-order valence-corrected chi connectivity index (χ4v) is 4.41. The van der Waals surface area contributed by atoms with Crippen LogP contribution in [-0.2, 0) is 6.54 Å². The summed E-state index contributed by atoms with van der Waals surface area (Å²) >= 11 is 0. The summed E-state index contributed by atoms with van der Waals surface area (Å²) in [6.07, 6.45) is 6.52. The van der Waals surface area contributed by atoms with Crippen molar-refractivity contribution in [1.29, 1.82) is 0 Å². The maximum absolute atomic E-state index is 5.79. The van der Waals surface area contributed by atoms with Crippen molar-refractivity contribution < 1.29 is 9.47 Å². The summed E-state index contributed by atoms with van der Waals surface area (Å²) in [6.45, 7) is 4.53. The van der Waals surface area contributed by atoms with Gasteiger partial charge in [-0.1, -0.05) is 18.9 Å². The molecule has 2 atom stereocenters. The molecule has 4 rings (SSSR count). The van der Waals surface area contributed by atoms with Gasteiger partial charge >= 0.3 is 0 Å². The molecule has 5 heteroatoms. The monoisotopic (exact) mass is 343 g/mol. The number of hydrogen-bond acceptors (Lipinski definition) is 3.